The van der Waals surface area contributed by atoms with E-state index in [0.29, 0.717) is 0 Å². The third-order valence-corrected chi connectivity index (χ3v) is 3.26. The fourth-order valence-electron chi connectivity index (χ4n) is 2.31. The molecule has 0 aromatic carbocycles. The van der Waals surface area contributed by atoms with E-state index in [1.165, 1.54) is 19.4 Å². The van der Waals surface area contributed by atoms with Crippen LogP contribution in [0.2, 0.25) is 0 Å². The maximum atomic E-state index is 11.8. The molecule has 1 heterocycles. The van der Waals surface area contributed by atoms with Gasteiger partial charge < -0.3 is 14.6 Å². The summed E-state index contributed by atoms with van der Waals surface area (Å²) in [4.78, 5) is 23.5. The Morgan fingerprint density at radius 1 is 1.44 bits per heavy atom. The first-order valence-corrected chi connectivity index (χ1v) is 6.01. The molecule has 0 aliphatic heterocycles. The minimum Gasteiger partial charge on any atom is -0.469 e. The largest absolute Gasteiger partial charge is 0.469 e. The number of methoxy groups -OCH3 is 1. The van der Waals surface area contributed by atoms with E-state index >= 15 is 0 Å². The van der Waals surface area contributed by atoms with E-state index in [-0.39, 0.29) is 29.5 Å². The van der Waals surface area contributed by atoms with Crippen molar-refractivity contribution in [2.45, 2.75) is 31.7 Å². The van der Waals surface area contributed by atoms with Gasteiger partial charge in [-0.1, -0.05) is 18.0 Å². The highest BCUT2D eigenvalue weighted by Gasteiger charge is 2.33. The maximum Gasteiger partial charge on any atom is 0.310 e. The molecule has 1 aromatic rings. The summed E-state index contributed by atoms with van der Waals surface area (Å²) in [5.74, 6) is -0.843. The predicted octanol–water partition coefficient (Wildman–Crippen LogP) is 1.14. The second kappa shape index (κ2) is 5.66. The SMILES string of the molecule is COC(=O)[C@H]1CCCC[C@@H]1NC(=O)c1ccon1. The number of amides is 1. The summed E-state index contributed by atoms with van der Waals surface area (Å²) in [5.41, 5.74) is 0.226. The molecule has 0 spiro atoms. The van der Waals surface area contributed by atoms with Crippen LogP contribution < -0.4 is 5.32 Å². The average molecular weight is 252 g/mol. The first-order valence-electron chi connectivity index (χ1n) is 6.01. The lowest BCUT2D eigenvalue weighted by Crippen LogP contribution is -2.45. The highest BCUT2D eigenvalue weighted by atomic mass is 16.5. The number of hydrogen-bond donors (Lipinski definition) is 1. The van der Waals surface area contributed by atoms with Gasteiger partial charge in [0.2, 0.25) is 0 Å². The number of esters is 1. The summed E-state index contributed by atoms with van der Waals surface area (Å²) in [6.45, 7) is 0. The number of hydrogen-bond acceptors (Lipinski definition) is 5. The van der Waals surface area contributed by atoms with E-state index in [9.17, 15) is 9.59 Å². The Morgan fingerprint density at radius 2 is 2.22 bits per heavy atom. The van der Waals surface area contributed by atoms with Gasteiger partial charge >= 0.3 is 5.97 Å². The second-order valence-corrected chi connectivity index (χ2v) is 4.38. The molecule has 6 heteroatoms. The minimum absolute atomic E-state index is 0.185. The molecule has 1 N–H and O–H groups in total. The van der Waals surface area contributed by atoms with Crippen LogP contribution in [0.4, 0.5) is 0 Å². The lowest BCUT2D eigenvalue weighted by Gasteiger charge is -2.29. The van der Waals surface area contributed by atoms with Gasteiger partial charge in [-0.25, -0.2) is 0 Å². The van der Waals surface area contributed by atoms with Gasteiger partial charge in [-0.2, -0.15) is 0 Å². The van der Waals surface area contributed by atoms with Gasteiger partial charge in [-0.05, 0) is 12.8 Å². The Kier molecular flexibility index (Phi) is 3.96. The van der Waals surface area contributed by atoms with Crippen LogP contribution in [-0.2, 0) is 9.53 Å². The van der Waals surface area contributed by atoms with Gasteiger partial charge in [0, 0.05) is 12.1 Å². The number of carbonyl (C=O) groups excluding carboxylic acids is 2. The summed E-state index contributed by atoms with van der Waals surface area (Å²) in [5, 5.41) is 6.39. The number of ether oxygens (including phenoxy) is 1. The van der Waals surface area contributed by atoms with Crippen LogP contribution in [-0.4, -0.2) is 30.2 Å². The van der Waals surface area contributed by atoms with E-state index < -0.39 is 0 Å². The predicted molar refractivity (Wildman–Crippen MR) is 61.7 cm³/mol. The quantitative estimate of drug-likeness (QED) is 0.816. The first kappa shape index (κ1) is 12.6. The van der Waals surface area contributed by atoms with Crippen LogP contribution in [0, 0.1) is 5.92 Å². The van der Waals surface area contributed by atoms with E-state index in [4.69, 9.17) is 4.74 Å². The fraction of sp³-hybridized carbons (Fsp3) is 0.583. The van der Waals surface area contributed by atoms with Crippen LogP contribution in [0.15, 0.2) is 16.9 Å². The summed E-state index contributed by atoms with van der Waals surface area (Å²) in [6, 6.07) is 1.31. The second-order valence-electron chi connectivity index (χ2n) is 4.38. The third-order valence-electron chi connectivity index (χ3n) is 3.26. The van der Waals surface area contributed by atoms with E-state index in [2.05, 4.69) is 15.0 Å². The summed E-state index contributed by atoms with van der Waals surface area (Å²) < 4.78 is 9.39. The van der Waals surface area contributed by atoms with Crippen LogP contribution in [0.3, 0.4) is 0 Å². The normalized spacial score (nSPS) is 23.4. The molecule has 1 aliphatic carbocycles. The fourth-order valence-corrected chi connectivity index (χ4v) is 2.31. The molecule has 6 nitrogen and oxygen atoms in total. The Balaban J connectivity index is 2.01. The van der Waals surface area contributed by atoms with Gasteiger partial charge in [0.1, 0.15) is 6.26 Å². The Labute approximate surface area is 105 Å². The number of nitrogens with zero attached hydrogens (tertiary/aromatic N) is 1. The number of nitrogens with one attached hydrogen (secondary N) is 1. The van der Waals surface area contributed by atoms with Crippen LogP contribution in [0.25, 0.3) is 0 Å². The number of carbonyl (C=O) groups is 2. The maximum absolute atomic E-state index is 11.8. The van der Waals surface area contributed by atoms with E-state index in [0.717, 1.165) is 25.7 Å². The molecule has 0 unspecified atom stereocenters. The molecule has 0 saturated heterocycles. The molecule has 1 aromatic heterocycles. The van der Waals surface area contributed by atoms with Crippen LogP contribution in [0.5, 0.6) is 0 Å². The van der Waals surface area contributed by atoms with Crippen molar-refractivity contribution >= 4 is 11.9 Å². The van der Waals surface area contributed by atoms with Crippen molar-refractivity contribution in [1.29, 1.82) is 0 Å². The van der Waals surface area contributed by atoms with Crippen molar-refractivity contribution in [1.82, 2.24) is 10.5 Å². The smallest absolute Gasteiger partial charge is 0.310 e. The molecule has 1 saturated carbocycles. The third kappa shape index (κ3) is 2.69. The van der Waals surface area contributed by atoms with E-state index in [1.54, 1.807) is 0 Å². The number of rotatable bonds is 3. The summed E-state index contributed by atoms with van der Waals surface area (Å²) in [6.07, 6.45) is 4.85. The molecule has 1 amide bonds. The van der Waals surface area contributed by atoms with Crippen molar-refractivity contribution in [2.75, 3.05) is 7.11 Å². The molecule has 0 bridgehead atoms. The molecule has 2 rings (SSSR count). The highest BCUT2D eigenvalue weighted by Crippen LogP contribution is 2.25. The molecule has 1 aliphatic rings. The molecule has 18 heavy (non-hydrogen) atoms. The standard InChI is InChI=1S/C12H16N2O4/c1-17-12(16)8-4-2-3-5-9(8)13-11(15)10-6-7-18-14-10/h6-9H,2-5H2,1H3,(H,13,15)/t8-,9-/m0/s1. The minimum atomic E-state index is -0.315. The average Bonchev–Trinajstić information content (AvgIpc) is 2.92. The molecular formula is C12H16N2O4. The molecule has 2 atom stereocenters. The zero-order valence-electron chi connectivity index (χ0n) is 10.2. The lowest BCUT2D eigenvalue weighted by molar-refractivity contribution is -0.147. The molecule has 98 valence electrons. The van der Waals surface area contributed by atoms with Gasteiger partial charge in [0.15, 0.2) is 5.69 Å². The van der Waals surface area contributed by atoms with Crippen molar-refractivity contribution < 1.29 is 18.8 Å². The van der Waals surface area contributed by atoms with Crippen LogP contribution in [0.1, 0.15) is 36.2 Å². The summed E-state index contributed by atoms with van der Waals surface area (Å²) >= 11 is 0. The Hall–Kier alpha value is -1.85. The van der Waals surface area contributed by atoms with Gasteiger partial charge in [-0.15, -0.1) is 0 Å². The Bertz CT molecular complexity index is 416. The Morgan fingerprint density at radius 3 is 2.89 bits per heavy atom. The lowest BCUT2D eigenvalue weighted by atomic mass is 9.84. The van der Waals surface area contributed by atoms with Crippen molar-refractivity contribution in [3.8, 4) is 0 Å². The van der Waals surface area contributed by atoms with Gasteiger partial charge in [0.05, 0.1) is 13.0 Å². The van der Waals surface area contributed by atoms with Crippen molar-refractivity contribution in [3.63, 3.8) is 0 Å². The zero-order chi connectivity index (χ0) is 13.0. The van der Waals surface area contributed by atoms with Gasteiger partial charge in [-0.3, -0.25) is 9.59 Å². The highest BCUT2D eigenvalue weighted by molar-refractivity contribution is 5.92. The van der Waals surface area contributed by atoms with Crippen LogP contribution >= 0.6 is 0 Å². The first-order chi connectivity index (χ1) is 8.72. The molecule has 1 fully saturated rings. The number of aromatic nitrogens is 1. The van der Waals surface area contributed by atoms with Gasteiger partial charge in [0.25, 0.3) is 5.91 Å². The monoisotopic (exact) mass is 252 g/mol. The summed E-state index contributed by atoms with van der Waals surface area (Å²) in [7, 11) is 1.37. The van der Waals surface area contributed by atoms with Crippen molar-refractivity contribution in [2.24, 2.45) is 5.92 Å². The van der Waals surface area contributed by atoms with Crippen molar-refractivity contribution in [3.05, 3.63) is 18.0 Å². The molecular weight excluding hydrogens is 236 g/mol. The topological polar surface area (TPSA) is 81.4 Å². The zero-order valence-corrected chi connectivity index (χ0v) is 10.2. The molecule has 0 radical (unpaired) electrons. The van der Waals surface area contributed by atoms with E-state index in [1.807, 2.05) is 0 Å².